The molecule has 0 radical (unpaired) electrons. The van der Waals surface area contributed by atoms with Crippen LogP contribution in [0.2, 0.25) is 0 Å². The molecule has 1 atom stereocenters. The second-order valence-corrected chi connectivity index (χ2v) is 9.90. The van der Waals surface area contributed by atoms with Crippen LogP contribution in [0.15, 0.2) is 65.5 Å². The maximum Gasteiger partial charge on any atom is 0.252 e. The molecule has 188 valence electrons. The largest absolute Gasteiger partial charge is 0.352 e. The van der Waals surface area contributed by atoms with Crippen LogP contribution in [0.25, 0.3) is 11.0 Å². The number of aryl methyl sites for hydroxylation is 1. The first-order valence-corrected chi connectivity index (χ1v) is 13.0. The van der Waals surface area contributed by atoms with E-state index < -0.39 is 0 Å². The highest BCUT2D eigenvalue weighted by Gasteiger charge is 2.27. The monoisotopic (exact) mass is 612 g/mol. The van der Waals surface area contributed by atoms with Crippen molar-refractivity contribution in [1.29, 1.82) is 0 Å². The van der Waals surface area contributed by atoms with Crippen molar-refractivity contribution in [2.24, 2.45) is 0 Å². The average Bonchev–Trinajstić information content (AvgIpc) is 3.30. The van der Waals surface area contributed by atoms with E-state index in [1.165, 1.54) is 11.3 Å². The third-order valence-corrected chi connectivity index (χ3v) is 6.96. The summed E-state index contributed by atoms with van der Waals surface area (Å²) in [6.45, 7) is 2.28. The summed E-state index contributed by atoms with van der Waals surface area (Å²) in [5.74, 6) is 0.882. The Balaban J connectivity index is 0.00000304. The van der Waals surface area contributed by atoms with Crippen molar-refractivity contribution >= 4 is 49.9 Å². The molecule has 1 aliphatic rings. The van der Waals surface area contributed by atoms with E-state index >= 15 is 0 Å². The Morgan fingerprint density at radius 3 is 2.92 bits per heavy atom. The number of nitrogens with zero attached hydrogens (tertiary/aromatic N) is 4. The predicted octanol–water partition coefficient (Wildman–Crippen LogP) is 5.78. The summed E-state index contributed by atoms with van der Waals surface area (Å²) in [6, 6.07) is 14.5. The maximum atomic E-state index is 12.4. The molecule has 0 saturated heterocycles. The number of halogens is 2. The minimum atomic E-state index is -0.0941. The van der Waals surface area contributed by atoms with Crippen LogP contribution in [-0.4, -0.2) is 43.8 Å². The number of aromatic amines is 1. The van der Waals surface area contributed by atoms with Crippen molar-refractivity contribution in [1.82, 2.24) is 30.2 Å². The van der Waals surface area contributed by atoms with Gasteiger partial charge in [0.15, 0.2) is 0 Å². The fraction of sp³-hybridized carbons (Fsp3) is 0.333. The van der Waals surface area contributed by atoms with E-state index in [0.717, 1.165) is 66.5 Å². The standard InChI is InChI=1S/C27H29BrN6O.BrH/c28-21-15-20(16-29-17-21)27(35)31-12-3-4-14-34(18-25-32-22-9-1-2-10-23(22)33-25)24-11-5-7-19-8-6-13-30-26(19)24;/h1-2,6,8-10,13,15-17,24H,3-5,7,11-12,14,18H2,(H,31,35)(H,32,33);1H. The van der Waals surface area contributed by atoms with E-state index in [2.05, 4.69) is 48.2 Å². The Bertz CT molecular complexity index is 1280. The number of unbranched alkanes of at least 4 members (excludes halogenated alkanes) is 1. The number of para-hydroxylation sites is 2. The van der Waals surface area contributed by atoms with E-state index in [1.54, 1.807) is 18.5 Å². The van der Waals surface area contributed by atoms with E-state index in [1.807, 2.05) is 30.5 Å². The lowest BCUT2D eigenvalue weighted by Gasteiger charge is -2.34. The number of amides is 1. The Labute approximate surface area is 230 Å². The van der Waals surface area contributed by atoms with Crippen molar-refractivity contribution in [3.63, 3.8) is 0 Å². The Morgan fingerprint density at radius 2 is 2.06 bits per heavy atom. The van der Waals surface area contributed by atoms with E-state index in [-0.39, 0.29) is 28.9 Å². The maximum absolute atomic E-state index is 12.4. The van der Waals surface area contributed by atoms with Gasteiger partial charge < -0.3 is 10.3 Å². The van der Waals surface area contributed by atoms with Gasteiger partial charge >= 0.3 is 0 Å². The molecule has 3 heterocycles. The number of rotatable bonds is 9. The summed E-state index contributed by atoms with van der Waals surface area (Å²) in [6.07, 6.45) is 10.4. The van der Waals surface area contributed by atoms with E-state index in [4.69, 9.17) is 9.97 Å². The second kappa shape index (κ2) is 12.6. The summed E-state index contributed by atoms with van der Waals surface area (Å²) >= 11 is 3.37. The number of pyridine rings is 2. The molecule has 1 aliphatic carbocycles. The van der Waals surface area contributed by atoms with E-state index in [0.29, 0.717) is 12.1 Å². The van der Waals surface area contributed by atoms with Gasteiger partial charge in [0, 0.05) is 29.6 Å². The van der Waals surface area contributed by atoms with Crippen LogP contribution in [0.5, 0.6) is 0 Å². The first kappa shape index (κ1) is 26.4. The highest BCUT2D eigenvalue weighted by atomic mass is 79.9. The van der Waals surface area contributed by atoms with Gasteiger partial charge in [0.1, 0.15) is 5.82 Å². The first-order valence-electron chi connectivity index (χ1n) is 12.2. The van der Waals surface area contributed by atoms with Crippen molar-refractivity contribution < 1.29 is 4.79 Å². The van der Waals surface area contributed by atoms with E-state index in [9.17, 15) is 4.79 Å². The molecule has 9 heteroatoms. The fourth-order valence-corrected chi connectivity index (χ4v) is 5.20. The molecule has 4 aromatic rings. The third-order valence-electron chi connectivity index (χ3n) is 6.52. The zero-order chi connectivity index (χ0) is 24.0. The van der Waals surface area contributed by atoms with Crippen molar-refractivity contribution in [2.45, 2.75) is 44.7 Å². The summed E-state index contributed by atoms with van der Waals surface area (Å²) in [5, 5.41) is 3.01. The Kier molecular flexibility index (Phi) is 9.23. The number of imidazole rings is 1. The van der Waals surface area contributed by atoms with Crippen molar-refractivity contribution in [3.8, 4) is 0 Å². The molecule has 1 amide bonds. The zero-order valence-corrected chi connectivity index (χ0v) is 23.3. The highest BCUT2D eigenvalue weighted by Crippen LogP contribution is 2.33. The number of benzene rings is 1. The van der Waals surface area contributed by atoms with Gasteiger partial charge in [0.25, 0.3) is 5.91 Å². The number of H-pyrrole nitrogens is 1. The molecule has 2 N–H and O–H groups in total. The van der Waals surface area contributed by atoms with Gasteiger partial charge in [-0.15, -0.1) is 17.0 Å². The molecule has 3 aromatic heterocycles. The number of hydrogen-bond donors (Lipinski definition) is 2. The average molecular weight is 614 g/mol. The predicted molar refractivity (Wildman–Crippen MR) is 150 cm³/mol. The minimum Gasteiger partial charge on any atom is -0.352 e. The lowest BCUT2D eigenvalue weighted by Crippen LogP contribution is -2.33. The number of carbonyl (C=O) groups excluding carboxylic acids is 1. The SMILES string of the molecule is Br.O=C(NCCCCN(Cc1nc2ccccc2[nH]1)C1CCCc2cccnc21)c1cncc(Br)c1. The first-order chi connectivity index (χ1) is 17.2. The van der Waals surface area contributed by atoms with Crippen LogP contribution < -0.4 is 5.32 Å². The van der Waals surface area contributed by atoms with Crippen LogP contribution >= 0.6 is 32.9 Å². The number of fused-ring (bicyclic) bond motifs is 2. The van der Waals surface area contributed by atoms with Gasteiger partial charge in [-0.25, -0.2) is 4.98 Å². The lowest BCUT2D eigenvalue weighted by molar-refractivity contribution is 0.0951. The summed E-state index contributed by atoms with van der Waals surface area (Å²) in [4.78, 5) is 32.1. The van der Waals surface area contributed by atoms with Gasteiger partial charge in [-0.3, -0.25) is 19.7 Å². The lowest BCUT2D eigenvalue weighted by atomic mass is 9.90. The van der Waals surface area contributed by atoms with Crippen LogP contribution in [-0.2, 0) is 13.0 Å². The molecule has 0 spiro atoms. The Hall–Kier alpha value is -2.62. The molecule has 5 rings (SSSR count). The summed E-state index contributed by atoms with van der Waals surface area (Å²) in [7, 11) is 0. The fourth-order valence-electron chi connectivity index (χ4n) is 4.84. The molecule has 7 nitrogen and oxygen atoms in total. The molecule has 1 unspecified atom stereocenters. The molecule has 1 aromatic carbocycles. The van der Waals surface area contributed by atoms with Crippen molar-refractivity contribution in [2.75, 3.05) is 13.1 Å². The van der Waals surface area contributed by atoms with Gasteiger partial charge in [-0.2, -0.15) is 0 Å². The normalized spacial score (nSPS) is 14.9. The van der Waals surface area contributed by atoms with Crippen LogP contribution in [0, 0.1) is 0 Å². The zero-order valence-electron chi connectivity index (χ0n) is 20.0. The number of nitrogens with one attached hydrogen (secondary N) is 2. The highest BCUT2D eigenvalue weighted by molar-refractivity contribution is 9.10. The number of hydrogen-bond acceptors (Lipinski definition) is 5. The molecule has 0 aliphatic heterocycles. The van der Waals surface area contributed by atoms with Crippen LogP contribution in [0.4, 0.5) is 0 Å². The number of carbonyl (C=O) groups is 1. The Morgan fingerprint density at radius 1 is 1.17 bits per heavy atom. The van der Waals surface area contributed by atoms with Crippen LogP contribution in [0.3, 0.4) is 0 Å². The number of aromatic nitrogens is 4. The topological polar surface area (TPSA) is 86.8 Å². The van der Waals surface area contributed by atoms with Gasteiger partial charge in [0.2, 0.25) is 0 Å². The third kappa shape index (κ3) is 6.38. The molecular formula is C27H30Br2N6O. The molecule has 0 fully saturated rings. The smallest absolute Gasteiger partial charge is 0.252 e. The quantitative estimate of drug-likeness (QED) is 0.234. The molecular weight excluding hydrogens is 584 g/mol. The summed E-state index contributed by atoms with van der Waals surface area (Å²) in [5.41, 5.74) is 5.18. The van der Waals surface area contributed by atoms with Crippen molar-refractivity contribution in [3.05, 3.63) is 88.2 Å². The molecule has 36 heavy (non-hydrogen) atoms. The van der Waals surface area contributed by atoms with Crippen LogP contribution in [0.1, 0.15) is 59.2 Å². The van der Waals surface area contributed by atoms with Gasteiger partial charge in [-0.05, 0) is 84.4 Å². The second-order valence-electron chi connectivity index (χ2n) is 8.98. The van der Waals surface area contributed by atoms with Gasteiger partial charge in [0.05, 0.1) is 34.9 Å². The molecule has 0 bridgehead atoms. The minimum absolute atomic E-state index is 0. The van der Waals surface area contributed by atoms with Gasteiger partial charge in [-0.1, -0.05) is 18.2 Å². The molecule has 0 saturated carbocycles. The summed E-state index contributed by atoms with van der Waals surface area (Å²) < 4.78 is 0.799.